The second-order valence-corrected chi connectivity index (χ2v) is 13.9. The maximum atomic E-state index is 5.40. The lowest BCUT2D eigenvalue weighted by Gasteiger charge is -2.39. The largest absolute Gasteiger partial charge is 0.363 e. The van der Waals surface area contributed by atoms with Gasteiger partial charge in [0.1, 0.15) is 6.17 Å². The van der Waals surface area contributed by atoms with Gasteiger partial charge < -0.3 is 5.32 Å². The Kier molecular flexibility index (Phi) is 6.38. The minimum absolute atomic E-state index is 0.0538. The van der Waals surface area contributed by atoms with Gasteiger partial charge in [-0.05, 0) is 68.5 Å². The fourth-order valence-electron chi connectivity index (χ4n) is 8.17. The van der Waals surface area contributed by atoms with Crippen molar-refractivity contribution in [1.82, 2.24) is 5.32 Å². The number of hydrogen-bond donors (Lipinski definition) is 1. The molecule has 0 radical (unpaired) electrons. The molecule has 8 rings (SSSR count). The van der Waals surface area contributed by atoms with E-state index < -0.39 is 0 Å². The summed E-state index contributed by atoms with van der Waals surface area (Å²) in [6.45, 7) is 7.23. The molecule has 5 aliphatic rings. The summed E-state index contributed by atoms with van der Waals surface area (Å²) in [5.74, 6) is 1.09. The van der Waals surface area contributed by atoms with Crippen LogP contribution in [-0.4, -0.2) is 11.9 Å². The molecule has 1 aliphatic heterocycles. The first kappa shape index (κ1) is 27.1. The van der Waals surface area contributed by atoms with Crippen LogP contribution in [0.5, 0.6) is 0 Å². The van der Waals surface area contributed by atoms with Gasteiger partial charge in [0.05, 0.1) is 0 Å². The quantitative estimate of drug-likeness (QED) is 0.340. The molecule has 3 aromatic carbocycles. The molecule has 44 heavy (non-hydrogen) atoms. The summed E-state index contributed by atoms with van der Waals surface area (Å²) in [4.78, 5) is 5.40. The molecule has 0 bridgehead atoms. The lowest BCUT2D eigenvalue weighted by Crippen LogP contribution is -2.44. The Labute approximate surface area is 261 Å². The van der Waals surface area contributed by atoms with E-state index in [2.05, 4.69) is 160 Å². The zero-order valence-electron chi connectivity index (χ0n) is 25.9. The monoisotopic (exact) mass is 572 g/mol. The Balaban J connectivity index is 1.18. The molecule has 0 aromatic heterocycles. The van der Waals surface area contributed by atoms with E-state index in [9.17, 15) is 0 Å². The lowest BCUT2D eigenvalue weighted by molar-refractivity contribution is 0.313. The third-order valence-electron chi connectivity index (χ3n) is 10.8. The van der Waals surface area contributed by atoms with Gasteiger partial charge >= 0.3 is 0 Å². The third kappa shape index (κ3) is 4.34. The predicted octanol–water partition coefficient (Wildman–Crippen LogP) is 7.76. The second-order valence-electron chi connectivity index (χ2n) is 13.9. The fourth-order valence-corrected chi connectivity index (χ4v) is 8.17. The standard InChI is InChI=1S/C42H40N2/c1-41(2)34-21-13-12-20-33(34)39-35(41)26-31-18-10-11-19-32(31)38(39)30-22-24-42(3,25-23-30)40-43-36(28-14-6-4-7-15-28)27-37(44-40)29-16-8-5-9-17-29/h4-16,18-24,26-27,29,35,39-40,43H,17,25H2,1-3H3/t29-,35?,39?,40-,42?/m0/s1. The maximum absolute atomic E-state index is 5.40. The van der Waals surface area contributed by atoms with Crippen molar-refractivity contribution >= 4 is 23.1 Å². The molecule has 1 N–H and O–H groups in total. The third-order valence-corrected chi connectivity index (χ3v) is 10.8. The average molecular weight is 573 g/mol. The van der Waals surface area contributed by atoms with Gasteiger partial charge in [0.15, 0.2) is 0 Å². The van der Waals surface area contributed by atoms with Crippen LogP contribution in [0.3, 0.4) is 0 Å². The van der Waals surface area contributed by atoms with E-state index in [1.807, 2.05) is 0 Å². The summed E-state index contributed by atoms with van der Waals surface area (Å²) in [7, 11) is 0. The highest BCUT2D eigenvalue weighted by molar-refractivity contribution is 6.04. The average Bonchev–Trinajstić information content (AvgIpc) is 3.30. The van der Waals surface area contributed by atoms with Crippen molar-refractivity contribution < 1.29 is 0 Å². The zero-order valence-corrected chi connectivity index (χ0v) is 25.9. The Morgan fingerprint density at radius 1 is 0.864 bits per heavy atom. The summed E-state index contributed by atoms with van der Waals surface area (Å²) in [5, 5.41) is 6.60. The maximum Gasteiger partial charge on any atom is 0.128 e. The van der Waals surface area contributed by atoms with Crippen molar-refractivity contribution in [2.75, 3.05) is 0 Å². The summed E-state index contributed by atoms with van der Waals surface area (Å²) in [6, 6.07) is 28.9. The van der Waals surface area contributed by atoms with Crippen LogP contribution < -0.4 is 15.8 Å². The minimum Gasteiger partial charge on any atom is -0.363 e. The van der Waals surface area contributed by atoms with Crippen LogP contribution in [0.15, 0.2) is 138 Å². The van der Waals surface area contributed by atoms with Crippen molar-refractivity contribution in [2.24, 2.45) is 22.2 Å². The molecule has 5 atom stereocenters. The number of allylic oxidation sites excluding steroid dienone is 8. The highest BCUT2D eigenvalue weighted by Gasteiger charge is 2.48. The first-order valence-corrected chi connectivity index (χ1v) is 16.2. The molecule has 3 aromatic rings. The Morgan fingerprint density at radius 3 is 2.45 bits per heavy atom. The molecule has 2 nitrogen and oxygen atoms in total. The van der Waals surface area contributed by atoms with Crippen molar-refractivity contribution in [3.8, 4) is 0 Å². The van der Waals surface area contributed by atoms with Gasteiger partial charge in [0.2, 0.25) is 0 Å². The number of aliphatic imine (C=N–C) groups is 1. The Morgan fingerprint density at radius 2 is 1.66 bits per heavy atom. The van der Waals surface area contributed by atoms with Crippen molar-refractivity contribution in [2.45, 2.75) is 51.1 Å². The number of nitrogens with zero attached hydrogens (tertiary/aromatic N) is 1. The van der Waals surface area contributed by atoms with E-state index in [0.29, 0.717) is 17.8 Å². The van der Waals surface area contributed by atoms with Gasteiger partial charge in [-0.15, -0.1) is 0 Å². The molecular weight excluding hydrogens is 532 g/mol. The number of fused-ring (bicyclic) bond motifs is 4. The summed E-state index contributed by atoms with van der Waals surface area (Å²) >= 11 is 0. The summed E-state index contributed by atoms with van der Waals surface area (Å²) < 4.78 is 0. The lowest BCUT2D eigenvalue weighted by atomic mass is 9.68. The van der Waals surface area contributed by atoms with E-state index in [1.54, 1.807) is 0 Å². The topological polar surface area (TPSA) is 24.4 Å². The van der Waals surface area contributed by atoms with Crippen LogP contribution in [0.4, 0.5) is 0 Å². The Bertz CT molecular complexity index is 1950. The predicted molar refractivity (Wildman–Crippen MR) is 184 cm³/mol. The van der Waals surface area contributed by atoms with Gasteiger partial charge in [-0.25, -0.2) is 0 Å². The molecule has 218 valence electrons. The van der Waals surface area contributed by atoms with Crippen LogP contribution in [0.25, 0.3) is 17.3 Å². The van der Waals surface area contributed by atoms with Crippen molar-refractivity contribution in [3.63, 3.8) is 0 Å². The Hall–Kier alpha value is -4.43. The molecule has 0 fully saturated rings. The number of hydrogen-bond acceptors (Lipinski definition) is 2. The second kappa shape index (κ2) is 10.3. The highest BCUT2D eigenvalue weighted by Crippen LogP contribution is 2.56. The normalized spacial score (nSPS) is 29.3. The molecular formula is C42H40N2. The molecule has 4 aliphatic carbocycles. The van der Waals surface area contributed by atoms with Crippen LogP contribution >= 0.6 is 0 Å². The molecule has 0 saturated heterocycles. The first-order valence-electron chi connectivity index (χ1n) is 16.2. The van der Waals surface area contributed by atoms with Crippen LogP contribution in [0, 0.1) is 17.3 Å². The number of rotatable bonds is 4. The van der Waals surface area contributed by atoms with Crippen LogP contribution in [0.2, 0.25) is 0 Å². The molecule has 1 heterocycles. The molecule has 3 unspecified atom stereocenters. The highest BCUT2D eigenvalue weighted by atomic mass is 15.1. The van der Waals surface area contributed by atoms with Crippen molar-refractivity contribution in [1.29, 1.82) is 0 Å². The van der Waals surface area contributed by atoms with Gasteiger partial charge in [-0.3, -0.25) is 4.99 Å². The summed E-state index contributed by atoms with van der Waals surface area (Å²) in [5.41, 5.74) is 9.27. The smallest absolute Gasteiger partial charge is 0.128 e. The van der Waals surface area contributed by atoms with E-state index >= 15 is 0 Å². The van der Waals surface area contributed by atoms with E-state index in [1.165, 1.54) is 38.3 Å². The molecule has 2 heteroatoms. The van der Waals surface area contributed by atoms with Crippen LogP contribution in [0.1, 0.15) is 56.2 Å². The summed E-state index contributed by atoms with van der Waals surface area (Å²) in [6.07, 6.45) is 22.9. The molecule has 0 saturated carbocycles. The number of benzene rings is 3. The first-order chi connectivity index (χ1) is 21.4. The zero-order chi connectivity index (χ0) is 29.9. The number of nitrogens with one attached hydrogen (secondary N) is 1. The van der Waals surface area contributed by atoms with E-state index in [0.717, 1.165) is 24.3 Å². The van der Waals surface area contributed by atoms with Crippen molar-refractivity contribution in [3.05, 3.63) is 160 Å². The minimum atomic E-state index is -0.162. The van der Waals surface area contributed by atoms with Gasteiger partial charge in [0, 0.05) is 28.7 Å². The molecule has 0 spiro atoms. The SMILES string of the molecule is CC1(C)c2ccccc2C2C(C3=CCC(C)([C@@H]4N=C([C@H]5C=CC=CC5)C=C(c5ccccc5)N4)C=C3)=c3ccccc3=CC21. The van der Waals surface area contributed by atoms with E-state index in [-0.39, 0.29) is 17.0 Å². The van der Waals surface area contributed by atoms with Gasteiger partial charge in [-0.1, -0.05) is 148 Å². The van der Waals surface area contributed by atoms with E-state index in [4.69, 9.17) is 4.99 Å². The van der Waals surface area contributed by atoms with Gasteiger partial charge in [-0.2, -0.15) is 0 Å². The van der Waals surface area contributed by atoms with Crippen LogP contribution in [-0.2, 0) is 5.41 Å². The van der Waals surface area contributed by atoms with Gasteiger partial charge in [0.25, 0.3) is 0 Å². The fraction of sp³-hybridized carbons (Fsp3) is 0.262. The molecule has 0 amide bonds.